The largest absolute Gasteiger partial charge is 0.461 e. The van der Waals surface area contributed by atoms with Gasteiger partial charge in [0, 0.05) is 23.4 Å². The molecule has 2 aromatic carbocycles. The van der Waals surface area contributed by atoms with E-state index in [4.69, 9.17) is 4.74 Å². The van der Waals surface area contributed by atoms with Gasteiger partial charge in [-0.15, -0.1) is 0 Å². The van der Waals surface area contributed by atoms with Gasteiger partial charge in [0.05, 0.1) is 6.61 Å². The molecule has 5 heteroatoms. The lowest BCUT2D eigenvalue weighted by Gasteiger charge is -2.15. The highest BCUT2D eigenvalue weighted by Gasteiger charge is 2.23. The summed E-state index contributed by atoms with van der Waals surface area (Å²) in [5.74, 6) is 0.110. The number of carbonyl (C=O) groups excluding carboxylic acids is 1. The summed E-state index contributed by atoms with van der Waals surface area (Å²) in [6.45, 7) is 2.88. The van der Waals surface area contributed by atoms with Gasteiger partial charge in [0.2, 0.25) is 0 Å². The van der Waals surface area contributed by atoms with Crippen molar-refractivity contribution in [2.24, 2.45) is 11.1 Å². The third-order valence-corrected chi connectivity index (χ3v) is 4.25. The van der Waals surface area contributed by atoms with Crippen LogP contribution in [0, 0.1) is 5.92 Å². The molecule has 2 aromatic rings. The van der Waals surface area contributed by atoms with Crippen LogP contribution in [0.15, 0.2) is 53.7 Å². The first-order valence-electron chi connectivity index (χ1n) is 8.56. The monoisotopic (exact) mass is 338 g/mol. The summed E-state index contributed by atoms with van der Waals surface area (Å²) in [5, 5.41) is 16.1. The van der Waals surface area contributed by atoms with Crippen LogP contribution in [0.4, 0.5) is 5.69 Å². The Balaban J connectivity index is 1.99. The Bertz CT molecular complexity index is 782. The second kappa shape index (κ2) is 7.83. The van der Waals surface area contributed by atoms with Crippen molar-refractivity contribution in [1.29, 1.82) is 0 Å². The Morgan fingerprint density at radius 1 is 1.16 bits per heavy atom. The fourth-order valence-electron chi connectivity index (χ4n) is 2.78. The number of benzene rings is 2. The van der Waals surface area contributed by atoms with Crippen molar-refractivity contribution in [3.05, 3.63) is 54.1 Å². The molecule has 0 radical (unpaired) electrons. The van der Waals surface area contributed by atoms with Crippen LogP contribution in [0.3, 0.4) is 0 Å². The zero-order valence-electron chi connectivity index (χ0n) is 14.2. The molecular weight excluding hydrogens is 316 g/mol. The Morgan fingerprint density at radius 2 is 1.84 bits per heavy atom. The molecule has 1 aliphatic rings. The molecule has 1 fully saturated rings. The number of oxime groups is 1. The maximum absolute atomic E-state index is 12.1. The number of nitrogens with zero attached hydrogens (tertiary/aromatic N) is 1. The highest BCUT2D eigenvalue weighted by Crippen LogP contribution is 2.33. The van der Waals surface area contributed by atoms with E-state index < -0.39 is 5.97 Å². The first-order valence-corrected chi connectivity index (χ1v) is 8.56. The lowest BCUT2D eigenvalue weighted by atomic mass is 9.95. The number of rotatable bonds is 7. The topological polar surface area (TPSA) is 70.9 Å². The molecule has 0 amide bonds. The van der Waals surface area contributed by atoms with Crippen molar-refractivity contribution in [3.63, 3.8) is 0 Å². The lowest BCUT2D eigenvalue weighted by Crippen LogP contribution is -2.19. The van der Waals surface area contributed by atoms with E-state index in [1.807, 2.05) is 42.5 Å². The van der Waals surface area contributed by atoms with Crippen LogP contribution >= 0.6 is 0 Å². The van der Waals surface area contributed by atoms with E-state index in [0.717, 1.165) is 29.3 Å². The zero-order chi connectivity index (χ0) is 17.6. The van der Waals surface area contributed by atoms with Crippen LogP contribution in [0.25, 0.3) is 11.1 Å². The zero-order valence-corrected chi connectivity index (χ0v) is 14.2. The maximum Gasteiger partial charge on any atom is 0.361 e. The normalized spacial score (nSPS) is 14.2. The Hall–Kier alpha value is -2.82. The minimum atomic E-state index is -0.638. The number of para-hydroxylation sites is 1. The van der Waals surface area contributed by atoms with E-state index in [0.29, 0.717) is 5.56 Å². The van der Waals surface area contributed by atoms with Crippen LogP contribution in [0.2, 0.25) is 0 Å². The number of hydrogen-bond donors (Lipinski definition) is 2. The molecule has 1 saturated carbocycles. The first kappa shape index (κ1) is 17.0. The van der Waals surface area contributed by atoms with E-state index in [9.17, 15) is 10.0 Å². The van der Waals surface area contributed by atoms with Crippen LogP contribution in [0.5, 0.6) is 0 Å². The minimum absolute atomic E-state index is 0.0885. The number of esters is 1. The smallest absolute Gasteiger partial charge is 0.361 e. The molecule has 0 saturated heterocycles. The van der Waals surface area contributed by atoms with Gasteiger partial charge in [-0.2, -0.15) is 0 Å². The average molecular weight is 338 g/mol. The molecule has 0 aliphatic heterocycles. The predicted octanol–water partition coefficient (Wildman–Crippen LogP) is 3.92. The molecule has 0 heterocycles. The van der Waals surface area contributed by atoms with Crippen molar-refractivity contribution >= 4 is 17.4 Å². The first-order chi connectivity index (χ1) is 12.2. The Labute approximate surface area is 147 Å². The summed E-state index contributed by atoms with van der Waals surface area (Å²) < 4.78 is 5.01. The second-order valence-corrected chi connectivity index (χ2v) is 6.08. The molecule has 5 nitrogen and oxygen atoms in total. The van der Waals surface area contributed by atoms with E-state index in [-0.39, 0.29) is 12.3 Å². The van der Waals surface area contributed by atoms with Gasteiger partial charge in [-0.3, -0.25) is 0 Å². The molecule has 0 aromatic heterocycles. The van der Waals surface area contributed by atoms with Crippen LogP contribution < -0.4 is 5.32 Å². The van der Waals surface area contributed by atoms with Gasteiger partial charge in [0.25, 0.3) is 0 Å². The summed E-state index contributed by atoms with van der Waals surface area (Å²) in [7, 11) is 0. The van der Waals surface area contributed by atoms with Crippen LogP contribution in [-0.4, -0.2) is 30.0 Å². The maximum atomic E-state index is 12.1. The third-order valence-electron chi connectivity index (χ3n) is 4.25. The van der Waals surface area contributed by atoms with Crippen molar-refractivity contribution in [3.8, 4) is 11.1 Å². The van der Waals surface area contributed by atoms with Crippen molar-refractivity contribution in [2.75, 3.05) is 18.5 Å². The summed E-state index contributed by atoms with van der Waals surface area (Å²) in [6.07, 6.45) is 2.55. The van der Waals surface area contributed by atoms with Crippen LogP contribution in [-0.2, 0) is 9.53 Å². The molecule has 0 bridgehead atoms. The number of anilines is 1. The average Bonchev–Trinajstić information content (AvgIpc) is 3.46. The standard InChI is InChI=1S/C20H22N2O3/c1-2-25-20(23)19(22-24)17-9-4-3-7-15(17)16-8-5-6-10-18(16)21-13-14-11-12-14/h3-10,14,21,24H,2,11-13H2,1H3. The lowest BCUT2D eigenvalue weighted by molar-refractivity contribution is -0.135. The van der Waals surface area contributed by atoms with E-state index in [1.54, 1.807) is 13.0 Å². The molecule has 130 valence electrons. The molecule has 0 spiro atoms. The molecule has 3 rings (SSSR count). The van der Waals surface area contributed by atoms with E-state index in [1.165, 1.54) is 12.8 Å². The molecule has 0 unspecified atom stereocenters. The fourth-order valence-corrected chi connectivity index (χ4v) is 2.78. The molecular formula is C20H22N2O3. The molecule has 1 aliphatic carbocycles. The Kier molecular flexibility index (Phi) is 5.33. The molecule has 2 N–H and O–H groups in total. The van der Waals surface area contributed by atoms with Gasteiger partial charge in [-0.25, -0.2) is 4.79 Å². The van der Waals surface area contributed by atoms with E-state index in [2.05, 4.69) is 10.5 Å². The van der Waals surface area contributed by atoms with Gasteiger partial charge >= 0.3 is 5.97 Å². The summed E-state index contributed by atoms with van der Waals surface area (Å²) in [4.78, 5) is 12.1. The van der Waals surface area contributed by atoms with Gasteiger partial charge in [-0.1, -0.05) is 47.6 Å². The predicted molar refractivity (Wildman–Crippen MR) is 98.0 cm³/mol. The highest BCUT2D eigenvalue weighted by molar-refractivity contribution is 6.44. The number of ether oxygens (including phenoxy) is 1. The van der Waals surface area contributed by atoms with Gasteiger partial charge < -0.3 is 15.3 Å². The van der Waals surface area contributed by atoms with Crippen molar-refractivity contribution in [1.82, 2.24) is 0 Å². The second-order valence-electron chi connectivity index (χ2n) is 6.08. The van der Waals surface area contributed by atoms with Crippen molar-refractivity contribution < 1.29 is 14.7 Å². The van der Waals surface area contributed by atoms with Gasteiger partial charge in [0.1, 0.15) is 0 Å². The molecule has 0 atom stereocenters. The SMILES string of the molecule is CCOC(=O)C(=NO)c1ccccc1-c1ccccc1NCC1CC1. The summed E-state index contributed by atoms with van der Waals surface area (Å²) in [6, 6.07) is 15.3. The number of hydrogen-bond acceptors (Lipinski definition) is 5. The Morgan fingerprint density at radius 3 is 2.52 bits per heavy atom. The van der Waals surface area contributed by atoms with E-state index >= 15 is 0 Å². The third kappa shape index (κ3) is 3.99. The van der Waals surface area contributed by atoms with Crippen molar-refractivity contribution in [2.45, 2.75) is 19.8 Å². The number of nitrogens with one attached hydrogen (secondary N) is 1. The highest BCUT2D eigenvalue weighted by atomic mass is 16.5. The number of carbonyl (C=O) groups is 1. The summed E-state index contributed by atoms with van der Waals surface area (Å²) >= 11 is 0. The van der Waals surface area contributed by atoms with Crippen LogP contribution in [0.1, 0.15) is 25.3 Å². The molecule has 25 heavy (non-hydrogen) atoms. The van der Waals surface area contributed by atoms with Gasteiger partial charge in [0.15, 0.2) is 5.71 Å². The minimum Gasteiger partial charge on any atom is -0.461 e. The quantitative estimate of drug-likeness (QED) is 0.347. The van der Waals surface area contributed by atoms with Gasteiger partial charge in [-0.05, 0) is 37.3 Å². The summed E-state index contributed by atoms with van der Waals surface area (Å²) in [5.41, 5.74) is 3.24. The fraction of sp³-hybridized carbons (Fsp3) is 0.300.